The lowest BCUT2D eigenvalue weighted by molar-refractivity contribution is -0.396. The van der Waals surface area contributed by atoms with E-state index in [-0.39, 0.29) is 12.3 Å². The van der Waals surface area contributed by atoms with E-state index < -0.39 is 34.1 Å². The first-order valence-corrected chi connectivity index (χ1v) is 6.87. The van der Waals surface area contributed by atoms with Gasteiger partial charge < -0.3 is 14.8 Å². The number of nitro benzene ring substituents is 2. The van der Waals surface area contributed by atoms with Crippen molar-refractivity contribution in [3.05, 3.63) is 56.1 Å². The van der Waals surface area contributed by atoms with Gasteiger partial charge in [0.05, 0.1) is 27.8 Å². The standard InChI is InChI=1S/C13H9BN4O7/c19-13-11(17(21)22)4-9(5-12(13)18(23)24)16-15-8-2-1-7-6-25-14(20)10(7)3-8/h1-5,19-20H,6H2/b16-15+. The monoisotopic (exact) mass is 344 g/mol. The maximum atomic E-state index is 10.9. The van der Waals surface area contributed by atoms with E-state index in [0.717, 1.165) is 17.7 Å². The van der Waals surface area contributed by atoms with Crippen molar-refractivity contribution in [3.8, 4) is 5.75 Å². The first-order chi connectivity index (χ1) is 11.9. The third-order valence-corrected chi connectivity index (χ3v) is 3.52. The third kappa shape index (κ3) is 3.15. The quantitative estimate of drug-likeness (QED) is 0.370. The van der Waals surface area contributed by atoms with Gasteiger partial charge in [-0.05, 0) is 23.2 Å². The zero-order chi connectivity index (χ0) is 18.1. The van der Waals surface area contributed by atoms with Crippen molar-refractivity contribution in [1.29, 1.82) is 0 Å². The summed E-state index contributed by atoms with van der Waals surface area (Å²) in [6, 6.07) is 6.54. The molecule has 25 heavy (non-hydrogen) atoms. The Kier molecular flexibility index (Phi) is 4.13. The summed E-state index contributed by atoms with van der Waals surface area (Å²) >= 11 is 0. The molecule has 126 valence electrons. The topological polar surface area (TPSA) is 161 Å². The van der Waals surface area contributed by atoms with Gasteiger partial charge in [0.25, 0.3) is 5.75 Å². The molecule has 1 aliphatic rings. The van der Waals surface area contributed by atoms with Gasteiger partial charge in [-0.2, -0.15) is 10.2 Å². The second-order valence-electron chi connectivity index (χ2n) is 5.09. The van der Waals surface area contributed by atoms with Gasteiger partial charge in [-0.25, -0.2) is 0 Å². The number of hydrogen-bond acceptors (Lipinski definition) is 9. The molecular weight excluding hydrogens is 335 g/mol. The lowest BCUT2D eigenvalue weighted by atomic mass is 9.79. The Morgan fingerprint density at radius 2 is 1.64 bits per heavy atom. The Hall–Kier alpha value is -3.38. The van der Waals surface area contributed by atoms with Crippen LogP contribution in [0.1, 0.15) is 5.56 Å². The fourth-order valence-electron chi connectivity index (χ4n) is 2.31. The molecular formula is C13H9BN4O7. The summed E-state index contributed by atoms with van der Waals surface area (Å²) in [5.41, 5.74) is -0.224. The van der Waals surface area contributed by atoms with Crippen LogP contribution < -0.4 is 5.46 Å². The fourth-order valence-corrected chi connectivity index (χ4v) is 2.31. The number of azo groups is 1. The van der Waals surface area contributed by atoms with Crippen molar-refractivity contribution in [1.82, 2.24) is 0 Å². The minimum Gasteiger partial charge on any atom is -0.497 e. The lowest BCUT2D eigenvalue weighted by Crippen LogP contribution is -2.27. The van der Waals surface area contributed by atoms with Crippen molar-refractivity contribution in [2.45, 2.75) is 6.61 Å². The molecule has 11 nitrogen and oxygen atoms in total. The largest absolute Gasteiger partial charge is 0.497 e. The first-order valence-electron chi connectivity index (χ1n) is 6.87. The van der Waals surface area contributed by atoms with Gasteiger partial charge >= 0.3 is 18.5 Å². The van der Waals surface area contributed by atoms with E-state index in [1.807, 2.05) is 0 Å². The first kappa shape index (κ1) is 16.5. The van der Waals surface area contributed by atoms with Crippen molar-refractivity contribution < 1.29 is 24.6 Å². The summed E-state index contributed by atoms with van der Waals surface area (Å²) < 4.78 is 5.04. The van der Waals surface area contributed by atoms with Gasteiger partial charge in [-0.3, -0.25) is 20.2 Å². The number of fused-ring (bicyclic) bond motifs is 1. The molecule has 3 rings (SSSR count). The maximum absolute atomic E-state index is 10.9. The summed E-state index contributed by atoms with van der Waals surface area (Å²) in [7, 11) is -1.07. The van der Waals surface area contributed by atoms with E-state index in [4.69, 9.17) is 4.65 Å². The highest BCUT2D eigenvalue weighted by Crippen LogP contribution is 2.39. The van der Waals surface area contributed by atoms with Crippen LogP contribution in [0.2, 0.25) is 0 Å². The Labute approximate surface area is 139 Å². The van der Waals surface area contributed by atoms with Gasteiger partial charge in [-0.15, -0.1) is 0 Å². The third-order valence-electron chi connectivity index (χ3n) is 3.52. The predicted molar refractivity (Wildman–Crippen MR) is 84.4 cm³/mol. The number of hydrogen-bond donors (Lipinski definition) is 2. The number of phenols is 1. The molecule has 0 aliphatic carbocycles. The smallest absolute Gasteiger partial charge is 0.491 e. The SMILES string of the molecule is O=[N+]([O-])c1cc(/N=N/c2ccc3c(c2)B(O)OC3)cc([N+](=O)[O-])c1O. The highest BCUT2D eigenvalue weighted by molar-refractivity contribution is 6.61. The Bertz CT molecular complexity index is 882. The van der Waals surface area contributed by atoms with E-state index in [9.17, 15) is 30.4 Å². The van der Waals surface area contributed by atoms with Crippen LogP contribution in [0.15, 0.2) is 40.6 Å². The minimum absolute atomic E-state index is 0.173. The molecule has 2 aromatic rings. The number of phenolic OH excluding ortho intramolecular Hbond substituents is 1. The molecule has 0 aromatic heterocycles. The number of rotatable bonds is 4. The van der Waals surface area contributed by atoms with Gasteiger partial charge in [-0.1, -0.05) is 6.07 Å². The van der Waals surface area contributed by atoms with Crippen LogP contribution in [0, 0.1) is 20.2 Å². The molecule has 0 saturated carbocycles. The van der Waals surface area contributed by atoms with Crippen LogP contribution >= 0.6 is 0 Å². The van der Waals surface area contributed by atoms with E-state index in [1.165, 1.54) is 6.07 Å². The summed E-state index contributed by atoms with van der Waals surface area (Å²) in [5.74, 6) is -1.05. The number of nitrogens with zero attached hydrogens (tertiary/aromatic N) is 4. The van der Waals surface area contributed by atoms with Gasteiger partial charge in [0, 0.05) is 12.1 Å². The summed E-state index contributed by atoms with van der Waals surface area (Å²) in [6.45, 7) is 0.268. The van der Waals surface area contributed by atoms with Crippen LogP contribution in [-0.4, -0.2) is 27.1 Å². The van der Waals surface area contributed by atoms with Crippen LogP contribution in [-0.2, 0) is 11.3 Å². The molecule has 0 fully saturated rings. The second-order valence-corrected chi connectivity index (χ2v) is 5.09. The predicted octanol–water partition coefficient (Wildman–Crippen LogP) is 1.84. The van der Waals surface area contributed by atoms with E-state index in [0.29, 0.717) is 11.2 Å². The highest BCUT2D eigenvalue weighted by atomic mass is 16.6. The number of aromatic hydroxyl groups is 1. The molecule has 12 heteroatoms. The van der Waals surface area contributed by atoms with Gasteiger partial charge in [0.15, 0.2) is 0 Å². The highest BCUT2D eigenvalue weighted by Gasteiger charge is 2.28. The number of nitro groups is 2. The Balaban J connectivity index is 1.97. The van der Waals surface area contributed by atoms with Crippen molar-refractivity contribution in [2.24, 2.45) is 10.2 Å². The van der Waals surface area contributed by atoms with Crippen molar-refractivity contribution in [3.63, 3.8) is 0 Å². The van der Waals surface area contributed by atoms with Crippen molar-refractivity contribution >= 4 is 35.3 Å². The van der Waals surface area contributed by atoms with E-state index >= 15 is 0 Å². The average molecular weight is 344 g/mol. The zero-order valence-electron chi connectivity index (χ0n) is 12.4. The van der Waals surface area contributed by atoms with Crippen LogP contribution in [0.4, 0.5) is 22.7 Å². The molecule has 0 radical (unpaired) electrons. The molecule has 0 spiro atoms. The summed E-state index contributed by atoms with van der Waals surface area (Å²) in [4.78, 5) is 19.9. The second kappa shape index (κ2) is 6.26. The molecule has 0 amide bonds. The molecule has 0 bridgehead atoms. The molecule has 1 heterocycles. The van der Waals surface area contributed by atoms with Crippen LogP contribution in [0.3, 0.4) is 0 Å². The maximum Gasteiger partial charge on any atom is 0.491 e. The normalized spacial score (nSPS) is 13.2. The fraction of sp³-hybridized carbons (Fsp3) is 0.0769. The number of benzene rings is 2. The summed E-state index contributed by atoms with van der Waals surface area (Å²) in [5, 5.41) is 48.6. The van der Waals surface area contributed by atoms with E-state index in [2.05, 4.69) is 10.2 Å². The lowest BCUT2D eigenvalue weighted by Gasteiger charge is -2.01. The van der Waals surface area contributed by atoms with Crippen molar-refractivity contribution in [2.75, 3.05) is 0 Å². The Morgan fingerprint density at radius 3 is 2.24 bits per heavy atom. The Morgan fingerprint density at radius 1 is 1.04 bits per heavy atom. The molecule has 0 unspecified atom stereocenters. The van der Waals surface area contributed by atoms with E-state index in [1.54, 1.807) is 12.1 Å². The molecule has 2 N–H and O–H groups in total. The molecule has 0 saturated heterocycles. The summed E-state index contributed by atoms with van der Waals surface area (Å²) in [6.07, 6.45) is 0. The minimum atomic E-state index is -1.07. The molecule has 0 atom stereocenters. The van der Waals surface area contributed by atoms with Gasteiger partial charge in [0.2, 0.25) is 0 Å². The molecule has 1 aliphatic heterocycles. The van der Waals surface area contributed by atoms with Crippen LogP contribution in [0.5, 0.6) is 5.75 Å². The zero-order valence-corrected chi connectivity index (χ0v) is 12.4. The van der Waals surface area contributed by atoms with Crippen LogP contribution in [0.25, 0.3) is 0 Å². The molecule has 2 aromatic carbocycles. The average Bonchev–Trinajstić information content (AvgIpc) is 2.94. The van der Waals surface area contributed by atoms with Gasteiger partial charge in [0.1, 0.15) is 0 Å².